The van der Waals surface area contributed by atoms with E-state index in [-0.39, 0.29) is 11.1 Å². The molecule has 1 N–H and O–H groups in total. The van der Waals surface area contributed by atoms with E-state index >= 15 is 0 Å². The SMILES string of the molecule is CCNCc1ccc(-c2c(F)cccc2F)c(F)c1. The smallest absolute Gasteiger partial charge is 0.134 e. The Morgan fingerprint density at radius 3 is 2.21 bits per heavy atom. The molecule has 0 atom stereocenters. The van der Waals surface area contributed by atoms with Gasteiger partial charge in [0, 0.05) is 12.1 Å². The van der Waals surface area contributed by atoms with Crippen LogP contribution in [-0.2, 0) is 6.54 Å². The van der Waals surface area contributed by atoms with Gasteiger partial charge in [-0.05, 0) is 30.3 Å². The summed E-state index contributed by atoms with van der Waals surface area (Å²) < 4.78 is 41.2. The first-order chi connectivity index (χ1) is 9.13. The lowest BCUT2D eigenvalue weighted by Crippen LogP contribution is -2.11. The van der Waals surface area contributed by atoms with Crippen LogP contribution < -0.4 is 5.32 Å². The second kappa shape index (κ2) is 5.89. The van der Waals surface area contributed by atoms with Gasteiger partial charge in [0.2, 0.25) is 0 Å². The van der Waals surface area contributed by atoms with E-state index in [1.807, 2.05) is 6.92 Å². The summed E-state index contributed by atoms with van der Waals surface area (Å²) in [5, 5.41) is 3.06. The normalized spacial score (nSPS) is 10.7. The van der Waals surface area contributed by atoms with Gasteiger partial charge in [-0.1, -0.05) is 25.1 Å². The molecule has 2 aromatic rings. The Kier molecular flexibility index (Phi) is 4.22. The van der Waals surface area contributed by atoms with E-state index in [0.717, 1.165) is 24.2 Å². The maximum absolute atomic E-state index is 14.0. The van der Waals surface area contributed by atoms with Crippen molar-refractivity contribution < 1.29 is 13.2 Å². The van der Waals surface area contributed by atoms with E-state index in [9.17, 15) is 13.2 Å². The van der Waals surface area contributed by atoms with Crippen LogP contribution in [0.5, 0.6) is 0 Å². The first-order valence-corrected chi connectivity index (χ1v) is 6.07. The zero-order chi connectivity index (χ0) is 13.8. The average Bonchev–Trinajstić information content (AvgIpc) is 2.38. The van der Waals surface area contributed by atoms with Crippen molar-refractivity contribution in [2.24, 2.45) is 0 Å². The standard InChI is InChI=1S/C15H14F3N/c1-2-19-9-10-6-7-11(14(18)8-10)15-12(16)4-3-5-13(15)17/h3-8,19H,2,9H2,1H3. The number of benzene rings is 2. The van der Waals surface area contributed by atoms with Gasteiger partial charge in [0.25, 0.3) is 0 Å². The summed E-state index contributed by atoms with van der Waals surface area (Å²) in [5.41, 5.74) is 0.352. The van der Waals surface area contributed by atoms with E-state index < -0.39 is 17.5 Å². The molecule has 100 valence electrons. The number of nitrogens with one attached hydrogen (secondary N) is 1. The summed E-state index contributed by atoms with van der Waals surface area (Å²) >= 11 is 0. The van der Waals surface area contributed by atoms with Gasteiger partial charge in [0.15, 0.2) is 0 Å². The molecule has 0 aliphatic rings. The van der Waals surface area contributed by atoms with Crippen molar-refractivity contribution in [2.45, 2.75) is 13.5 Å². The van der Waals surface area contributed by atoms with E-state index in [4.69, 9.17) is 0 Å². The first-order valence-electron chi connectivity index (χ1n) is 6.07. The molecule has 0 bridgehead atoms. The van der Waals surface area contributed by atoms with Crippen molar-refractivity contribution in [3.63, 3.8) is 0 Å². The van der Waals surface area contributed by atoms with E-state index in [2.05, 4.69) is 5.32 Å². The van der Waals surface area contributed by atoms with Gasteiger partial charge in [-0.2, -0.15) is 0 Å². The van der Waals surface area contributed by atoms with Crippen molar-refractivity contribution in [1.29, 1.82) is 0 Å². The number of rotatable bonds is 4. The molecule has 0 heterocycles. The highest BCUT2D eigenvalue weighted by Crippen LogP contribution is 2.28. The zero-order valence-electron chi connectivity index (χ0n) is 10.5. The predicted molar refractivity (Wildman–Crippen MR) is 69.1 cm³/mol. The minimum Gasteiger partial charge on any atom is -0.313 e. The average molecular weight is 265 g/mol. The van der Waals surface area contributed by atoms with Crippen LogP contribution in [0.3, 0.4) is 0 Å². The van der Waals surface area contributed by atoms with Crippen LogP contribution in [0.4, 0.5) is 13.2 Å². The lowest BCUT2D eigenvalue weighted by Gasteiger charge is -2.08. The van der Waals surface area contributed by atoms with Gasteiger partial charge >= 0.3 is 0 Å². The highest BCUT2D eigenvalue weighted by atomic mass is 19.1. The lowest BCUT2D eigenvalue weighted by atomic mass is 10.0. The molecule has 0 aliphatic heterocycles. The highest BCUT2D eigenvalue weighted by molar-refractivity contribution is 5.65. The molecule has 0 amide bonds. The zero-order valence-corrected chi connectivity index (χ0v) is 10.5. The van der Waals surface area contributed by atoms with Crippen LogP contribution >= 0.6 is 0 Å². The Morgan fingerprint density at radius 2 is 1.63 bits per heavy atom. The second-order valence-corrected chi connectivity index (χ2v) is 4.19. The van der Waals surface area contributed by atoms with E-state index in [0.29, 0.717) is 6.54 Å². The molecule has 0 aliphatic carbocycles. The molecule has 0 saturated heterocycles. The molecule has 4 heteroatoms. The maximum Gasteiger partial charge on any atom is 0.134 e. The largest absolute Gasteiger partial charge is 0.313 e. The quantitative estimate of drug-likeness (QED) is 0.884. The van der Waals surface area contributed by atoms with Gasteiger partial charge in [0.1, 0.15) is 17.5 Å². The van der Waals surface area contributed by atoms with Crippen molar-refractivity contribution in [2.75, 3.05) is 6.54 Å². The van der Waals surface area contributed by atoms with Crippen LogP contribution in [0.25, 0.3) is 11.1 Å². The monoisotopic (exact) mass is 265 g/mol. The third kappa shape index (κ3) is 2.96. The number of halogens is 3. The summed E-state index contributed by atoms with van der Waals surface area (Å²) in [6.45, 7) is 3.23. The fourth-order valence-corrected chi connectivity index (χ4v) is 1.90. The summed E-state index contributed by atoms with van der Waals surface area (Å²) in [6.07, 6.45) is 0. The van der Waals surface area contributed by atoms with Crippen molar-refractivity contribution in [3.05, 3.63) is 59.4 Å². The Hall–Kier alpha value is -1.81. The fraction of sp³-hybridized carbons (Fsp3) is 0.200. The Balaban J connectivity index is 2.41. The lowest BCUT2D eigenvalue weighted by molar-refractivity contribution is 0.581. The van der Waals surface area contributed by atoms with Gasteiger partial charge in [-0.25, -0.2) is 13.2 Å². The van der Waals surface area contributed by atoms with Crippen molar-refractivity contribution >= 4 is 0 Å². The molecule has 0 saturated carbocycles. The molecule has 0 fully saturated rings. The predicted octanol–water partition coefficient (Wildman–Crippen LogP) is 3.88. The Morgan fingerprint density at radius 1 is 0.947 bits per heavy atom. The van der Waals surface area contributed by atoms with Crippen molar-refractivity contribution in [3.8, 4) is 11.1 Å². The van der Waals surface area contributed by atoms with Gasteiger partial charge in [0.05, 0.1) is 5.56 Å². The molecule has 1 nitrogen and oxygen atoms in total. The minimum absolute atomic E-state index is 0.0594. The van der Waals surface area contributed by atoms with Crippen LogP contribution in [0.2, 0.25) is 0 Å². The minimum atomic E-state index is -0.765. The fourth-order valence-electron chi connectivity index (χ4n) is 1.90. The molecule has 19 heavy (non-hydrogen) atoms. The van der Waals surface area contributed by atoms with Crippen molar-refractivity contribution in [1.82, 2.24) is 5.32 Å². The summed E-state index contributed by atoms with van der Waals surface area (Å²) in [7, 11) is 0. The third-order valence-electron chi connectivity index (χ3n) is 2.84. The van der Waals surface area contributed by atoms with Gasteiger partial charge in [-0.3, -0.25) is 0 Å². The summed E-state index contributed by atoms with van der Waals surface area (Å²) in [4.78, 5) is 0. The molecule has 0 aromatic heterocycles. The van der Waals surface area contributed by atoms with Gasteiger partial charge in [-0.15, -0.1) is 0 Å². The third-order valence-corrected chi connectivity index (χ3v) is 2.84. The molecule has 2 aromatic carbocycles. The van der Waals surface area contributed by atoms with Crippen LogP contribution in [0, 0.1) is 17.5 Å². The highest BCUT2D eigenvalue weighted by Gasteiger charge is 2.15. The Bertz CT molecular complexity index is 561. The maximum atomic E-state index is 14.0. The van der Waals surface area contributed by atoms with Crippen LogP contribution in [0.15, 0.2) is 36.4 Å². The van der Waals surface area contributed by atoms with E-state index in [1.54, 1.807) is 6.07 Å². The molecular weight excluding hydrogens is 251 g/mol. The summed E-state index contributed by atoms with van der Waals surface area (Å²) in [6, 6.07) is 7.85. The van der Waals surface area contributed by atoms with E-state index in [1.165, 1.54) is 18.2 Å². The molecular formula is C15H14F3N. The molecule has 0 unspecified atom stereocenters. The number of hydrogen-bond donors (Lipinski definition) is 1. The Labute approximate surface area is 110 Å². The van der Waals surface area contributed by atoms with Gasteiger partial charge < -0.3 is 5.32 Å². The number of hydrogen-bond acceptors (Lipinski definition) is 1. The molecule has 0 spiro atoms. The molecule has 2 rings (SSSR count). The summed E-state index contributed by atoms with van der Waals surface area (Å²) in [5.74, 6) is -2.16. The first kappa shape index (κ1) is 13.6. The molecule has 0 radical (unpaired) electrons. The van der Waals surface area contributed by atoms with Crippen LogP contribution in [-0.4, -0.2) is 6.54 Å². The topological polar surface area (TPSA) is 12.0 Å². The second-order valence-electron chi connectivity index (χ2n) is 4.19. The van der Waals surface area contributed by atoms with Crippen LogP contribution in [0.1, 0.15) is 12.5 Å².